The summed E-state index contributed by atoms with van der Waals surface area (Å²) in [6.45, 7) is 4.19. The minimum Gasteiger partial charge on any atom is -0.313 e. The topological polar surface area (TPSA) is 29.9 Å². The third-order valence-corrected chi connectivity index (χ3v) is 3.70. The average Bonchev–Trinajstić information content (AvgIpc) is 2.83. The summed E-state index contributed by atoms with van der Waals surface area (Å²) in [7, 11) is 1.88. The fourth-order valence-corrected chi connectivity index (χ4v) is 2.63. The number of hydrogen-bond donors (Lipinski definition) is 1. The van der Waals surface area contributed by atoms with E-state index in [4.69, 9.17) is 0 Å². The molecule has 2 rings (SSSR count). The van der Waals surface area contributed by atoms with Gasteiger partial charge in [0.25, 0.3) is 0 Å². The first kappa shape index (κ1) is 15.2. The van der Waals surface area contributed by atoms with Crippen LogP contribution in [0.5, 0.6) is 0 Å². The van der Waals surface area contributed by atoms with E-state index in [1.165, 1.54) is 6.07 Å². The molecule has 0 amide bonds. The molecule has 0 fully saturated rings. The Balaban J connectivity index is 2.19. The largest absolute Gasteiger partial charge is 0.313 e. The van der Waals surface area contributed by atoms with E-state index in [0.29, 0.717) is 6.04 Å². The van der Waals surface area contributed by atoms with Crippen molar-refractivity contribution in [1.29, 1.82) is 0 Å². The Morgan fingerprint density at radius 1 is 1.35 bits per heavy atom. The molecular formula is C15H19BrFN3. The highest BCUT2D eigenvalue weighted by Gasteiger charge is 2.14. The van der Waals surface area contributed by atoms with Crippen LogP contribution in [0, 0.1) is 5.82 Å². The van der Waals surface area contributed by atoms with Crippen LogP contribution in [0.25, 0.3) is 0 Å². The molecule has 0 spiro atoms. The van der Waals surface area contributed by atoms with Crippen LogP contribution in [0.1, 0.15) is 37.2 Å². The Hall–Kier alpha value is -1.20. The summed E-state index contributed by atoms with van der Waals surface area (Å²) >= 11 is 3.33. The van der Waals surface area contributed by atoms with Gasteiger partial charge in [-0.2, -0.15) is 5.10 Å². The predicted molar refractivity (Wildman–Crippen MR) is 82.2 cm³/mol. The number of halogens is 2. The molecule has 1 N–H and O–H groups in total. The van der Waals surface area contributed by atoms with E-state index in [1.54, 1.807) is 6.07 Å². The summed E-state index contributed by atoms with van der Waals surface area (Å²) in [6.07, 6.45) is 2.71. The fraction of sp³-hybridized carbons (Fsp3) is 0.400. The number of nitrogens with one attached hydrogen (secondary N) is 1. The zero-order chi connectivity index (χ0) is 14.7. The minimum atomic E-state index is -0.234. The molecular weight excluding hydrogens is 321 g/mol. The van der Waals surface area contributed by atoms with Gasteiger partial charge in [-0.3, -0.25) is 4.68 Å². The Bertz CT molecular complexity index is 560. The van der Waals surface area contributed by atoms with E-state index < -0.39 is 0 Å². The first-order valence-electron chi connectivity index (χ1n) is 6.67. The Morgan fingerprint density at radius 2 is 2.10 bits per heavy atom. The van der Waals surface area contributed by atoms with E-state index in [1.807, 2.05) is 30.1 Å². The summed E-state index contributed by atoms with van der Waals surface area (Å²) in [6, 6.07) is 7.36. The van der Waals surface area contributed by atoms with Crippen LogP contribution in [-0.2, 0) is 6.42 Å². The number of aromatic nitrogens is 2. The molecule has 0 aliphatic rings. The average molecular weight is 340 g/mol. The number of rotatable bonds is 5. The second-order valence-electron chi connectivity index (χ2n) is 5.13. The summed E-state index contributed by atoms with van der Waals surface area (Å²) < 4.78 is 16.2. The van der Waals surface area contributed by atoms with Gasteiger partial charge in [0.05, 0.1) is 5.69 Å². The summed E-state index contributed by atoms with van der Waals surface area (Å²) in [5.41, 5.74) is 1.91. The molecule has 3 nitrogen and oxygen atoms in total. The second-order valence-corrected chi connectivity index (χ2v) is 6.04. The maximum absolute atomic E-state index is 13.5. The molecule has 0 bridgehead atoms. The van der Waals surface area contributed by atoms with Crippen molar-refractivity contribution >= 4 is 15.9 Å². The zero-order valence-corrected chi connectivity index (χ0v) is 13.5. The lowest BCUT2D eigenvalue weighted by Gasteiger charge is -2.16. The highest BCUT2D eigenvalue weighted by molar-refractivity contribution is 9.10. The molecule has 2 aromatic rings. The van der Waals surface area contributed by atoms with Crippen LogP contribution in [0.3, 0.4) is 0 Å². The third-order valence-electron chi connectivity index (χ3n) is 3.24. The van der Waals surface area contributed by atoms with Gasteiger partial charge in [-0.25, -0.2) is 4.39 Å². The maximum Gasteiger partial charge on any atom is 0.124 e. The van der Waals surface area contributed by atoms with Gasteiger partial charge in [0, 0.05) is 29.2 Å². The molecule has 108 valence electrons. The van der Waals surface area contributed by atoms with Gasteiger partial charge in [0.1, 0.15) is 5.82 Å². The summed E-state index contributed by atoms with van der Waals surface area (Å²) in [5, 5.41) is 7.76. The van der Waals surface area contributed by atoms with Gasteiger partial charge in [-0.1, -0.05) is 15.9 Å². The SMILES string of the molecule is CNC(Cc1ccn(C(C)C)n1)c1cc(F)cc(Br)c1. The molecule has 1 unspecified atom stereocenters. The highest BCUT2D eigenvalue weighted by atomic mass is 79.9. The Labute approximate surface area is 127 Å². The maximum atomic E-state index is 13.5. The first-order valence-corrected chi connectivity index (χ1v) is 7.46. The molecule has 5 heteroatoms. The number of benzene rings is 1. The van der Waals surface area contributed by atoms with Crippen LogP contribution in [-0.4, -0.2) is 16.8 Å². The van der Waals surface area contributed by atoms with Crippen LogP contribution < -0.4 is 5.32 Å². The molecule has 1 aromatic heterocycles. The van der Waals surface area contributed by atoms with Crippen molar-refractivity contribution in [2.45, 2.75) is 32.4 Å². The normalized spacial score (nSPS) is 12.9. The monoisotopic (exact) mass is 339 g/mol. The molecule has 1 heterocycles. The van der Waals surface area contributed by atoms with Gasteiger partial charge in [-0.05, 0) is 50.7 Å². The predicted octanol–water partition coefficient (Wildman–Crippen LogP) is 3.87. The smallest absolute Gasteiger partial charge is 0.124 e. The van der Waals surface area contributed by atoms with Crippen molar-refractivity contribution in [3.63, 3.8) is 0 Å². The van der Waals surface area contributed by atoms with Gasteiger partial charge < -0.3 is 5.32 Å². The van der Waals surface area contributed by atoms with Crippen molar-refractivity contribution in [2.75, 3.05) is 7.05 Å². The number of hydrogen-bond acceptors (Lipinski definition) is 2. The van der Waals surface area contributed by atoms with Crippen molar-refractivity contribution in [2.24, 2.45) is 0 Å². The van der Waals surface area contributed by atoms with E-state index in [-0.39, 0.29) is 11.9 Å². The third kappa shape index (κ3) is 3.67. The lowest BCUT2D eigenvalue weighted by atomic mass is 10.0. The minimum absolute atomic E-state index is 0.0394. The number of likely N-dealkylation sites (N-methyl/N-ethyl adjacent to an activating group) is 1. The van der Waals surface area contributed by atoms with E-state index >= 15 is 0 Å². The Kier molecular flexibility index (Phi) is 4.94. The lowest BCUT2D eigenvalue weighted by Crippen LogP contribution is -2.19. The second kappa shape index (κ2) is 6.50. The van der Waals surface area contributed by atoms with E-state index in [9.17, 15) is 4.39 Å². The molecule has 0 aliphatic carbocycles. The standard InChI is InChI=1S/C15H19BrFN3/c1-10(2)20-5-4-14(19-20)9-15(18-3)11-6-12(16)8-13(17)7-11/h4-8,10,15,18H,9H2,1-3H3. The van der Waals surface area contributed by atoms with Crippen molar-refractivity contribution < 1.29 is 4.39 Å². The quantitative estimate of drug-likeness (QED) is 0.896. The van der Waals surface area contributed by atoms with Crippen LogP contribution in [0.4, 0.5) is 4.39 Å². The van der Waals surface area contributed by atoms with Gasteiger partial charge >= 0.3 is 0 Å². The van der Waals surface area contributed by atoms with Gasteiger partial charge in [0.15, 0.2) is 0 Å². The van der Waals surface area contributed by atoms with Crippen molar-refractivity contribution in [3.05, 3.63) is 52.0 Å². The van der Waals surface area contributed by atoms with Crippen molar-refractivity contribution in [1.82, 2.24) is 15.1 Å². The number of nitrogens with zero attached hydrogens (tertiary/aromatic N) is 2. The highest BCUT2D eigenvalue weighted by Crippen LogP contribution is 2.23. The van der Waals surface area contributed by atoms with E-state index in [2.05, 4.69) is 40.2 Å². The van der Waals surface area contributed by atoms with Gasteiger partial charge in [0.2, 0.25) is 0 Å². The first-order chi connectivity index (χ1) is 9.49. The molecule has 20 heavy (non-hydrogen) atoms. The van der Waals surface area contributed by atoms with Gasteiger partial charge in [-0.15, -0.1) is 0 Å². The zero-order valence-electron chi connectivity index (χ0n) is 11.9. The summed E-state index contributed by atoms with van der Waals surface area (Å²) in [4.78, 5) is 0. The van der Waals surface area contributed by atoms with Crippen molar-refractivity contribution in [3.8, 4) is 0 Å². The fourth-order valence-electron chi connectivity index (χ4n) is 2.15. The van der Waals surface area contributed by atoms with E-state index in [0.717, 1.165) is 22.2 Å². The molecule has 1 aromatic carbocycles. The lowest BCUT2D eigenvalue weighted by molar-refractivity contribution is 0.514. The van der Waals surface area contributed by atoms with Crippen LogP contribution in [0.15, 0.2) is 34.9 Å². The molecule has 0 saturated carbocycles. The van der Waals surface area contributed by atoms with Crippen LogP contribution >= 0.6 is 15.9 Å². The Morgan fingerprint density at radius 3 is 2.65 bits per heavy atom. The van der Waals surface area contributed by atoms with Crippen LogP contribution in [0.2, 0.25) is 0 Å². The molecule has 0 aliphatic heterocycles. The summed E-state index contributed by atoms with van der Waals surface area (Å²) in [5.74, 6) is -0.234. The molecule has 0 radical (unpaired) electrons. The molecule has 0 saturated heterocycles. The molecule has 1 atom stereocenters.